The third-order valence-corrected chi connectivity index (χ3v) is 12.9. The van der Waals surface area contributed by atoms with Gasteiger partial charge in [-0.3, -0.25) is 4.90 Å². The summed E-state index contributed by atoms with van der Waals surface area (Å²) in [6.45, 7) is 23.8. The molecular formula is C44H49BN2O. The second kappa shape index (κ2) is 9.40. The second-order valence-electron chi connectivity index (χ2n) is 17.9. The van der Waals surface area contributed by atoms with Crippen LogP contribution in [0.2, 0.25) is 0 Å². The lowest BCUT2D eigenvalue weighted by atomic mass is 9.33. The first-order valence-corrected chi connectivity index (χ1v) is 18.2. The summed E-state index contributed by atoms with van der Waals surface area (Å²) < 4.78 is 7.03. The first-order valence-electron chi connectivity index (χ1n) is 18.2. The van der Waals surface area contributed by atoms with Gasteiger partial charge in [0, 0.05) is 33.3 Å². The highest BCUT2D eigenvalue weighted by Crippen LogP contribution is 2.62. The van der Waals surface area contributed by atoms with Gasteiger partial charge >= 0.3 is 0 Å². The molecule has 2 atom stereocenters. The normalized spacial score (nSPS) is 22.5. The van der Waals surface area contributed by atoms with Gasteiger partial charge < -0.3 is 9.32 Å². The Hall–Kier alpha value is -3.92. The number of furan rings is 1. The van der Waals surface area contributed by atoms with Crippen LogP contribution < -0.4 is 26.2 Å². The zero-order chi connectivity index (χ0) is 33.7. The molecule has 3 nitrogen and oxygen atoms in total. The van der Waals surface area contributed by atoms with Crippen LogP contribution in [0.3, 0.4) is 0 Å². The standard InChI is InChI=1S/C44H49BN2O/c1-26-21-34-38-35(22-26)47-39-31(43(9)19-13-14-20-44(43,47)10)24-29(42(6,7)8)25-32(39)45(38)37-30-15-11-12-16-36(30)48-40(37)46(34)33-18-17-28(23-27(33)2)41(3,4)5/h11-12,15-18,21-25H,13-14,19-20H2,1-10H3. The number of nitrogens with zero attached hydrogens (tertiary/aromatic N) is 2. The van der Waals surface area contributed by atoms with Crippen LogP contribution in [0.5, 0.6) is 0 Å². The average Bonchev–Trinajstić information content (AvgIpc) is 3.49. The van der Waals surface area contributed by atoms with Gasteiger partial charge in [-0.2, -0.15) is 0 Å². The maximum Gasteiger partial charge on any atom is 0.257 e. The van der Waals surface area contributed by atoms with E-state index < -0.39 is 0 Å². The quantitative estimate of drug-likeness (QED) is 0.168. The Balaban J connectivity index is 1.43. The highest BCUT2D eigenvalue weighted by molar-refractivity contribution is 7.01. The van der Waals surface area contributed by atoms with Gasteiger partial charge in [-0.05, 0) is 107 Å². The molecule has 0 bridgehead atoms. The van der Waals surface area contributed by atoms with Gasteiger partial charge in [-0.15, -0.1) is 0 Å². The van der Waals surface area contributed by atoms with E-state index in [2.05, 4.69) is 146 Å². The number of fused-ring (bicyclic) bond motifs is 9. The van der Waals surface area contributed by atoms with Gasteiger partial charge in [0.25, 0.3) is 6.71 Å². The van der Waals surface area contributed by atoms with Crippen molar-refractivity contribution in [2.75, 3.05) is 9.80 Å². The van der Waals surface area contributed by atoms with Gasteiger partial charge in [-0.1, -0.05) is 104 Å². The van der Waals surface area contributed by atoms with E-state index in [1.165, 1.54) is 92.5 Å². The van der Waals surface area contributed by atoms with Crippen LogP contribution in [0, 0.1) is 13.8 Å². The SMILES string of the molecule is Cc1cc2c3c(c1)N1c4c(cc(C(C)(C)C)cc4C4(C)CCCCC14C)B3c1c(oc3ccccc13)N2c1ccc(C(C)(C)C)cc1C. The Morgan fingerprint density at radius 2 is 1.44 bits per heavy atom. The van der Waals surface area contributed by atoms with Crippen LogP contribution in [0.4, 0.5) is 28.6 Å². The highest BCUT2D eigenvalue weighted by atomic mass is 16.4. The van der Waals surface area contributed by atoms with E-state index in [0.29, 0.717) is 0 Å². The zero-order valence-corrected chi connectivity index (χ0v) is 30.6. The summed E-state index contributed by atoms with van der Waals surface area (Å²) >= 11 is 0. The summed E-state index contributed by atoms with van der Waals surface area (Å²) in [6.07, 6.45) is 4.99. The van der Waals surface area contributed by atoms with Crippen LogP contribution >= 0.6 is 0 Å². The maximum absolute atomic E-state index is 7.03. The van der Waals surface area contributed by atoms with Gasteiger partial charge in [0.1, 0.15) is 5.58 Å². The molecule has 5 aromatic rings. The van der Waals surface area contributed by atoms with Crippen molar-refractivity contribution in [3.63, 3.8) is 0 Å². The molecule has 1 aromatic heterocycles. The van der Waals surface area contributed by atoms with E-state index in [9.17, 15) is 0 Å². The lowest BCUT2D eigenvalue weighted by Crippen LogP contribution is -2.64. The minimum absolute atomic E-state index is 0.000775. The van der Waals surface area contributed by atoms with E-state index in [0.717, 1.165) is 11.5 Å². The Bertz CT molecular complexity index is 2190. The van der Waals surface area contributed by atoms with Crippen molar-refractivity contribution in [1.29, 1.82) is 0 Å². The average molecular weight is 633 g/mol. The molecule has 0 amide bonds. The fourth-order valence-corrected chi connectivity index (χ4v) is 9.99. The minimum Gasteiger partial charge on any atom is -0.440 e. The van der Waals surface area contributed by atoms with Crippen molar-refractivity contribution in [3.05, 3.63) is 94.5 Å². The van der Waals surface area contributed by atoms with Crippen LogP contribution in [0.1, 0.15) is 109 Å². The Labute approximate surface area is 287 Å². The Morgan fingerprint density at radius 3 is 2.17 bits per heavy atom. The summed E-state index contributed by atoms with van der Waals surface area (Å²) in [6, 6.07) is 25.9. The Morgan fingerprint density at radius 1 is 0.729 bits per heavy atom. The zero-order valence-electron chi connectivity index (χ0n) is 30.6. The molecule has 0 radical (unpaired) electrons. The number of hydrogen-bond donors (Lipinski definition) is 0. The van der Waals surface area contributed by atoms with Crippen molar-refractivity contribution < 1.29 is 4.42 Å². The number of anilines is 5. The third kappa shape index (κ3) is 3.73. The van der Waals surface area contributed by atoms with Crippen molar-refractivity contribution in [1.82, 2.24) is 0 Å². The van der Waals surface area contributed by atoms with Crippen LogP contribution in [-0.4, -0.2) is 12.3 Å². The van der Waals surface area contributed by atoms with Crippen molar-refractivity contribution in [3.8, 4) is 0 Å². The van der Waals surface area contributed by atoms with Crippen LogP contribution in [0.15, 0.2) is 71.1 Å². The third-order valence-electron chi connectivity index (χ3n) is 12.9. The lowest BCUT2D eigenvalue weighted by Gasteiger charge is -2.52. The molecule has 4 heteroatoms. The Kier molecular flexibility index (Phi) is 5.91. The van der Waals surface area contributed by atoms with Gasteiger partial charge in [-0.25, -0.2) is 0 Å². The molecule has 0 N–H and O–H groups in total. The molecule has 1 aliphatic carbocycles. The molecule has 48 heavy (non-hydrogen) atoms. The molecule has 9 rings (SSSR count). The number of hydrogen-bond acceptors (Lipinski definition) is 3. The summed E-state index contributed by atoms with van der Waals surface area (Å²) in [5.74, 6) is 0.966. The van der Waals surface area contributed by atoms with Crippen LogP contribution in [-0.2, 0) is 16.2 Å². The van der Waals surface area contributed by atoms with E-state index >= 15 is 0 Å². The second-order valence-corrected chi connectivity index (χ2v) is 17.9. The van der Waals surface area contributed by atoms with Crippen molar-refractivity contribution in [2.45, 2.75) is 117 Å². The van der Waals surface area contributed by atoms with Crippen molar-refractivity contribution in [2.24, 2.45) is 0 Å². The largest absolute Gasteiger partial charge is 0.440 e. The van der Waals surface area contributed by atoms with E-state index in [-0.39, 0.29) is 28.5 Å². The number of aryl methyl sites for hydroxylation is 2. The molecule has 4 aromatic carbocycles. The smallest absolute Gasteiger partial charge is 0.257 e. The fraction of sp³-hybridized carbons (Fsp3) is 0.409. The summed E-state index contributed by atoms with van der Waals surface area (Å²) in [4.78, 5) is 5.31. The number of para-hydroxylation sites is 1. The fourth-order valence-electron chi connectivity index (χ4n) is 9.99. The molecule has 0 spiro atoms. The van der Waals surface area contributed by atoms with Crippen molar-refractivity contribution >= 4 is 62.7 Å². The monoisotopic (exact) mass is 632 g/mol. The van der Waals surface area contributed by atoms with E-state index in [1.807, 2.05) is 0 Å². The molecule has 4 aliphatic rings. The molecule has 1 saturated carbocycles. The van der Waals surface area contributed by atoms with Crippen LogP contribution in [0.25, 0.3) is 11.0 Å². The van der Waals surface area contributed by atoms with E-state index in [4.69, 9.17) is 4.42 Å². The highest BCUT2D eigenvalue weighted by Gasteiger charge is 2.62. The molecule has 244 valence electrons. The van der Waals surface area contributed by atoms with Gasteiger partial charge in [0.05, 0.1) is 11.2 Å². The van der Waals surface area contributed by atoms with E-state index in [1.54, 1.807) is 5.56 Å². The first kappa shape index (κ1) is 30.2. The number of benzene rings is 4. The summed E-state index contributed by atoms with van der Waals surface area (Å²) in [5.41, 5.74) is 17.6. The topological polar surface area (TPSA) is 19.6 Å². The summed E-state index contributed by atoms with van der Waals surface area (Å²) in [7, 11) is 0. The molecule has 3 aliphatic heterocycles. The molecule has 0 saturated heterocycles. The lowest BCUT2D eigenvalue weighted by molar-refractivity contribution is 0.195. The number of rotatable bonds is 1. The maximum atomic E-state index is 7.03. The summed E-state index contributed by atoms with van der Waals surface area (Å²) in [5, 5.41) is 1.22. The van der Waals surface area contributed by atoms with Gasteiger partial charge in [0.2, 0.25) is 5.88 Å². The van der Waals surface area contributed by atoms with Gasteiger partial charge in [0.15, 0.2) is 0 Å². The first-order chi connectivity index (χ1) is 22.6. The minimum atomic E-state index is -0.000775. The predicted octanol–water partition coefficient (Wildman–Crippen LogP) is 10.00. The molecule has 4 heterocycles. The molecular weight excluding hydrogens is 583 g/mol. The predicted molar refractivity (Wildman–Crippen MR) is 205 cm³/mol. The molecule has 1 fully saturated rings. The molecule has 2 unspecified atom stereocenters.